The Hall–Kier alpha value is -2.06. The molecule has 1 aromatic heterocycles. The van der Waals surface area contributed by atoms with Crippen molar-refractivity contribution in [1.82, 2.24) is 26.1 Å². The first kappa shape index (κ1) is 22.1. The monoisotopic (exact) mass is 429 g/mol. The molecule has 3 heterocycles. The van der Waals surface area contributed by atoms with Gasteiger partial charge in [-0.2, -0.15) is 5.10 Å². The highest BCUT2D eigenvalue weighted by molar-refractivity contribution is 5.91. The first-order valence-corrected chi connectivity index (χ1v) is 11.5. The average molecular weight is 430 g/mol. The second-order valence-electron chi connectivity index (χ2n) is 10.1. The molecule has 1 aliphatic carbocycles. The second kappa shape index (κ2) is 8.47. The van der Waals surface area contributed by atoms with Crippen LogP contribution in [0.15, 0.2) is 18.3 Å². The Morgan fingerprint density at radius 2 is 2.06 bits per heavy atom. The summed E-state index contributed by atoms with van der Waals surface area (Å²) in [4.78, 5) is 24.6. The highest BCUT2D eigenvalue weighted by Gasteiger charge is 2.60. The largest absolute Gasteiger partial charge is 0.378 e. The van der Waals surface area contributed by atoms with Crippen LogP contribution in [-0.2, 0) is 9.53 Å². The van der Waals surface area contributed by atoms with Crippen LogP contribution in [0.5, 0.6) is 0 Å². The molecule has 0 unspecified atom stereocenters. The smallest absolute Gasteiger partial charge is 0.271 e. The van der Waals surface area contributed by atoms with E-state index in [1.165, 1.54) is 0 Å². The molecule has 4 rings (SSSR count). The third-order valence-electron chi connectivity index (χ3n) is 7.85. The Morgan fingerprint density at radius 1 is 1.29 bits per heavy atom. The van der Waals surface area contributed by atoms with Gasteiger partial charge in [0.1, 0.15) is 0 Å². The van der Waals surface area contributed by atoms with E-state index < -0.39 is 0 Å². The predicted octanol–water partition coefficient (Wildman–Crippen LogP) is 1.67. The molecule has 2 aliphatic heterocycles. The summed E-state index contributed by atoms with van der Waals surface area (Å²) in [6.07, 6.45) is 5.21. The van der Waals surface area contributed by atoms with Gasteiger partial charge in [0.2, 0.25) is 5.91 Å². The van der Waals surface area contributed by atoms with Crippen molar-refractivity contribution in [3.8, 4) is 0 Å². The topological polar surface area (TPSA) is 105 Å². The first-order chi connectivity index (χ1) is 14.7. The van der Waals surface area contributed by atoms with Gasteiger partial charge in [0.25, 0.3) is 5.91 Å². The number of amides is 2. The zero-order valence-corrected chi connectivity index (χ0v) is 19.0. The molecule has 3 N–H and O–H groups in total. The van der Waals surface area contributed by atoms with E-state index in [0.717, 1.165) is 19.3 Å². The molecular weight excluding hydrogens is 394 g/mol. The Kier molecular flexibility index (Phi) is 6.05. The molecule has 6 atom stereocenters. The number of fused-ring (bicyclic) bond motifs is 4. The van der Waals surface area contributed by atoms with E-state index in [9.17, 15) is 9.59 Å². The predicted molar refractivity (Wildman–Crippen MR) is 116 cm³/mol. The lowest BCUT2D eigenvalue weighted by molar-refractivity contribution is -0.159. The maximum atomic E-state index is 12.3. The first-order valence-electron chi connectivity index (χ1n) is 11.5. The SMILES string of the molecule is CC(=O)N[C@]12CCO[C@@H](CCNC(=O)c3cccnn3)[C@@H]1C[C@H]1C[C@H]2[C@@H](C)NC1(C)C. The molecular formula is C23H35N5O3. The quantitative estimate of drug-likeness (QED) is 0.658. The summed E-state index contributed by atoms with van der Waals surface area (Å²) >= 11 is 0. The fourth-order valence-corrected chi connectivity index (χ4v) is 6.50. The van der Waals surface area contributed by atoms with Crippen molar-refractivity contribution >= 4 is 11.8 Å². The van der Waals surface area contributed by atoms with Crippen LogP contribution in [0.2, 0.25) is 0 Å². The Bertz CT molecular complexity index is 817. The van der Waals surface area contributed by atoms with Gasteiger partial charge >= 0.3 is 0 Å². The molecule has 0 radical (unpaired) electrons. The van der Waals surface area contributed by atoms with Crippen LogP contribution < -0.4 is 16.0 Å². The van der Waals surface area contributed by atoms with Crippen LogP contribution in [0.4, 0.5) is 0 Å². The fourth-order valence-electron chi connectivity index (χ4n) is 6.50. The summed E-state index contributed by atoms with van der Waals surface area (Å²) < 4.78 is 6.26. The minimum atomic E-state index is -0.261. The molecule has 2 amide bonds. The summed E-state index contributed by atoms with van der Waals surface area (Å²) in [7, 11) is 0. The number of nitrogens with zero attached hydrogens (tertiary/aromatic N) is 2. The van der Waals surface area contributed by atoms with Gasteiger partial charge in [-0.15, -0.1) is 5.10 Å². The number of hydrogen-bond donors (Lipinski definition) is 3. The third-order valence-corrected chi connectivity index (χ3v) is 7.85. The number of nitrogens with one attached hydrogen (secondary N) is 3. The molecule has 170 valence electrons. The van der Waals surface area contributed by atoms with E-state index in [-0.39, 0.29) is 34.9 Å². The minimum absolute atomic E-state index is 0.00541. The molecule has 3 aliphatic rings. The highest BCUT2D eigenvalue weighted by atomic mass is 16.5. The zero-order valence-electron chi connectivity index (χ0n) is 19.0. The van der Waals surface area contributed by atoms with Crippen LogP contribution in [0.3, 0.4) is 0 Å². The zero-order chi connectivity index (χ0) is 22.2. The van der Waals surface area contributed by atoms with Gasteiger partial charge in [0.05, 0.1) is 11.6 Å². The van der Waals surface area contributed by atoms with Crippen LogP contribution in [0.25, 0.3) is 0 Å². The number of carbonyl (C=O) groups is 2. The summed E-state index contributed by atoms with van der Waals surface area (Å²) in [6.45, 7) is 9.57. The fraction of sp³-hybridized carbons (Fsp3) is 0.739. The van der Waals surface area contributed by atoms with Crippen molar-refractivity contribution in [2.45, 2.75) is 76.6 Å². The average Bonchev–Trinajstić information content (AvgIpc) is 2.72. The number of aromatic nitrogens is 2. The molecule has 31 heavy (non-hydrogen) atoms. The summed E-state index contributed by atoms with van der Waals surface area (Å²) in [5, 5.41) is 17.8. The maximum absolute atomic E-state index is 12.3. The number of carbonyl (C=O) groups excluding carboxylic acids is 2. The van der Waals surface area contributed by atoms with Crippen LogP contribution in [-0.4, -0.2) is 58.4 Å². The normalized spacial score (nSPS) is 36.2. The number of rotatable bonds is 5. The van der Waals surface area contributed by atoms with Crippen molar-refractivity contribution in [1.29, 1.82) is 0 Å². The maximum Gasteiger partial charge on any atom is 0.271 e. The van der Waals surface area contributed by atoms with Crippen molar-refractivity contribution in [2.24, 2.45) is 17.8 Å². The molecule has 2 saturated heterocycles. The highest BCUT2D eigenvalue weighted by Crippen LogP contribution is 2.54. The number of hydrogen-bond acceptors (Lipinski definition) is 6. The molecule has 0 spiro atoms. The van der Waals surface area contributed by atoms with E-state index in [2.05, 4.69) is 46.9 Å². The molecule has 8 heteroatoms. The second-order valence-corrected chi connectivity index (χ2v) is 10.1. The number of ether oxygens (including phenoxy) is 1. The lowest BCUT2D eigenvalue weighted by atomic mass is 9.52. The van der Waals surface area contributed by atoms with E-state index in [0.29, 0.717) is 43.1 Å². The van der Waals surface area contributed by atoms with Gasteiger partial charge in [0.15, 0.2) is 5.69 Å². The Morgan fingerprint density at radius 3 is 2.77 bits per heavy atom. The van der Waals surface area contributed by atoms with Gasteiger partial charge in [-0.25, -0.2) is 0 Å². The molecule has 0 aromatic carbocycles. The Balaban J connectivity index is 1.51. The standard InChI is InChI=1S/C23H35N5O3/c1-14-17-12-16(22(3,4)26-14)13-18-20(31-11-8-23(17,18)27-15(2)29)7-10-24-21(30)19-6-5-9-25-28-19/h5-6,9,14,16-18,20,26H,7-8,10-13H2,1-4H3,(H,24,30)(H,27,29)/t14-,16-,17+,18+,20+,23+/m1/s1. The lowest BCUT2D eigenvalue weighted by Crippen LogP contribution is -2.75. The van der Waals surface area contributed by atoms with E-state index in [1.807, 2.05) is 0 Å². The molecule has 1 aromatic rings. The molecule has 1 saturated carbocycles. The minimum Gasteiger partial charge on any atom is -0.378 e. The Labute approximate surface area is 184 Å². The van der Waals surface area contributed by atoms with Crippen LogP contribution in [0, 0.1) is 17.8 Å². The van der Waals surface area contributed by atoms with Crippen molar-refractivity contribution < 1.29 is 14.3 Å². The summed E-state index contributed by atoms with van der Waals surface area (Å²) in [6, 6.07) is 3.67. The van der Waals surface area contributed by atoms with Gasteiger partial charge in [0, 0.05) is 43.8 Å². The molecule has 8 nitrogen and oxygen atoms in total. The van der Waals surface area contributed by atoms with Crippen LogP contribution in [0.1, 0.15) is 63.9 Å². The van der Waals surface area contributed by atoms with Crippen molar-refractivity contribution in [2.75, 3.05) is 13.2 Å². The van der Waals surface area contributed by atoms with Gasteiger partial charge in [-0.05, 0) is 70.4 Å². The van der Waals surface area contributed by atoms with Gasteiger partial charge < -0.3 is 20.7 Å². The molecule has 2 bridgehead atoms. The van der Waals surface area contributed by atoms with E-state index >= 15 is 0 Å². The van der Waals surface area contributed by atoms with Crippen molar-refractivity contribution in [3.63, 3.8) is 0 Å². The lowest BCUT2D eigenvalue weighted by Gasteiger charge is -2.63. The van der Waals surface area contributed by atoms with E-state index in [4.69, 9.17) is 4.74 Å². The number of piperidine rings is 1. The molecule has 3 fully saturated rings. The van der Waals surface area contributed by atoms with Crippen molar-refractivity contribution in [3.05, 3.63) is 24.0 Å². The van der Waals surface area contributed by atoms with Crippen LogP contribution >= 0.6 is 0 Å². The van der Waals surface area contributed by atoms with E-state index in [1.54, 1.807) is 25.3 Å². The summed E-state index contributed by atoms with van der Waals surface area (Å²) in [5.41, 5.74) is 0.109. The van der Waals surface area contributed by atoms with Gasteiger partial charge in [-0.1, -0.05) is 0 Å². The van der Waals surface area contributed by atoms with Gasteiger partial charge in [-0.3, -0.25) is 9.59 Å². The third kappa shape index (κ3) is 4.20. The summed E-state index contributed by atoms with van der Waals surface area (Å²) in [5.74, 6) is 0.924.